The summed E-state index contributed by atoms with van der Waals surface area (Å²) in [6.45, 7) is 9.09. The third-order valence-corrected chi connectivity index (χ3v) is 3.94. The maximum Gasteiger partial charge on any atom is 0.119 e. The number of hydrogen-bond donors (Lipinski definition) is 1. The van der Waals surface area contributed by atoms with E-state index in [1.165, 1.54) is 12.0 Å². The van der Waals surface area contributed by atoms with Gasteiger partial charge in [-0.2, -0.15) is 0 Å². The summed E-state index contributed by atoms with van der Waals surface area (Å²) in [7, 11) is 0. The molecule has 0 amide bonds. The molecule has 1 fully saturated rings. The molecule has 112 valence electrons. The zero-order valence-electron chi connectivity index (χ0n) is 12.9. The van der Waals surface area contributed by atoms with E-state index >= 15 is 0 Å². The van der Waals surface area contributed by atoms with Gasteiger partial charge in [0.1, 0.15) is 5.75 Å². The molecule has 2 unspecified atom stereocenters. The van der Waals surface area contributed by atoms with Crippen LogP contribution in [0.3, 0.4) is 0 Å². The predicted octanol–water partition coefficient (Wildman–Crippen LogP) is 3.70. The lowest BCUT2D eigenvalue weighted by atomic mass is 10.0. The van der Waals surface area contributed by atoms with Crippen molar-refractivity contribution in [3.8, 4) is 5.75 Å². The number of benzene rings is 1. The van der Waals surface area contributed by atoms with E-state index in [4.69, 9.17) is 9.47 Å². The van der Waals surface area contributed by atoms with E-state index < -0.39 is 0 Å². The lowest BCUT2D eigenvalue weighted by molar-refractivity contribution is 0.0191. The number of hydrogen-bond acceptors (Lipinski definition) is 3. The Morgan fingerprint density at radius 2 is 2.10 bits per heavy atom. The molecular weight excluding hydrogens is 250 g/mol. The Kier molecular flexibility index (Phi) is 5.44. The van der Waals surface area contributed by atoms with Crippen molar-refractivity contribution in [2.24, 2.45) is 0 Å². The van der Waals surface area contributed by atoms with Crippen molar-refractivity contribution in [2.45, 2.75) is 51.7 Å². The van der Waals surface area contributed by atoms with Crippen LogP contribution in [0.2, 0.25) is 0 Å². The van der Waals surface area contributed by atoms with Crippen molar-refractivity contribution in [3.05, 3.63) is 29.8 Å². The van der Waals surface area contributed by atoms with E-state index in [1.54, 1.807) is 0 Å². The van der Waals surface area contributed by atoms with Gasteiger partial charge in [0.05, 0.1) is 12.2 Å². The average Bonchev–Trinajstić information content (AvgIpc) is 2.90. The van der Waals surface area contributed by atoms with E-state index in [9.17, 15) is 0 Å². The maximum atomic E-state index is 5.81. The molecule has 2 atom stereocenters. The Hall–Kier alpha value is -1.06. The van der Waals surface area contributed by atoms with Crippen LogP contribution in [0, 0.1) is 0 Å². The second-order valence-corrected chi connectivity index (χ2v) is 5.92. The Labute approximate surface area is 122 Å². The Balaban J connectivity index is 1.84. The quantitative estimate of drug-likeness (QED) is 0.824. The molecular formula is C17H27NO2. The molecule has 20 heavy (non-hydrogen) atoms. The Bertz CT molecular complexity index is 396. The van der Waals surface area contributed by atoms with Crippen molar-refractivity contribution in [1.82, 2.24) is 5.32 Å². The molecule has 1 N–H and O–H groups in total. The second-order valence-electron chi connectivity index (χ2n) is 5.92. The van der Waals surface area contributed by atoms with Crippen LogP contribution in [-0.2, 0) is 4.74 Å². The van der Waals surface area contributed by atoms with Gasteiger partial charge in [-0.25, -0.2) is 0 Å². The minimum absolute atomic E-state index is 0.0123. The fourth-order valence-corrected chi connectivity index (χ4v) is 2.54. The summed E-state index contributed by atoms with van der Waals surface area (Å²) in [6, 6.07) is 8.71. The lowest BCUT2D eigenvalue weighted by Gasteiger charge is -2.26. The first kappa shape index (κ1) is 15.3. The highest BCUT2D eigenvalue weighted by Crippen LogP contribution is 2.25. The summed E-state index contributed by atoms with van der Waals surface area (Å²) in [5, 5.41) is 3.58. The van der Waals surface area contributed by atoms with Crippen molar-refractivity contribution in [2.75, 3.05) is 19.8 Å². The standard InChI is InChI=1S/C17H27NO2/c1-4-11-19-16-8-6-15(7-9-16)14(2)18-13-17(3)10-5-12-20-17/h6-9,14,18H,4-5,10-13H2,1-3H3. The summed E-state index contributed by atoms with van der Waals surface area (Å²) in [4.78, 5) is 0. The van der Waals surface area contributed by atoms with Crippen LogP contribution in [0.4, 0.5) is 0 Å². The van der Waals surface area contributed by atoms with Gasteiger partial charge in [0.25, 0.3) is 0 Å². The first-order chi connectivity index (χ1) is 9.63. The van der Waals surface area contributed by atoms with Gasteiger partial charge >= 0.3 is 0 Å². The van der Waals surface area contributed by atoms with E-state index in [2.05, 4.69) is 50.4 Å². The topological polar surface area (TPSA) is 30.5 Å². The zero-order chi connectivity index (χ0) is 14.4. The van der Waals surface area contributed by atoms with Crippen molar-refractivity contribution in [3.63, 3.8) is 0 Å². The second kappa shape index (κ2) is 7.09. The van der Waals surface area contributed by atoms with Crippen LogP contribution in [0.25, 0.3) is 0 Å². The summed E-state index contributed by atoms with van der Waals surface area (Å²) in [6.07, 6.45) is 3.37. The molecule has 0 spiro atoms. The molecule has 1 aromatic carbocycles. The molecule has 1 aliphatic heterocycles. The van der Waals surface area contributed by atoms with Gasteiger partial charge in [0.2, 0.25) is 0 Å². The van der Waals surface area contributed by atoms with Gasteiger partial charge < -0.3 is 14.8 Å². The van der Waals surface area contributed by atoms with Crippen LogP contribution in [-0.4, -0.2) is 25.4 Å². The molecule has 0 aliphatic carbocycles. The van der Waals surface area contributed by atoms with Crippen molar-refractivity contribution >= 4 is 0 Å². The van der Waals surface area contributed by atoms with Crippen LogP contribution in [0.15, 0.2) is 24.3 Å². The van der Waals surface area contributed by atoms with Gasteiger partial charge in [0, 0.05) is 19.2 Å². The molecule has 3 heteroatoms. The van der Waals surface area contributed by atoms with E-state index in [0.717, 1.165) is 38.3 Å². The third-order valence-electron chi connectivity index (χ3n) is 3.94. The van der Waals surface area contributed by atoms with E-state index in [-0.39, 0.29) is 5.60 Å². The van der Waals surface area contributed by atoms with Gasteiger partial charge in [-0.1, -0.05) is 19.1 Å². The fourth-order valence-electron chi connectivity index (χ4n) is 2.54. The summed E-state index contributed by atoms with van der Waals surface area (Å²) in [5.41, 5.74) is 1.30. The predicted molar refractivity (Wildman–Crippen MR) is 82.2 cm³/mol. The van der Waals surface area contributed by atoms with Gasteiger partial charge in [0.15, 0.2) is 0 Å². The highest BCUT2D eigenvalue weighted by molar-refractivity contribution is 5.29. The first-order valence-electron chi connectivity index (χ1n) is 7.73. The molecule has 2 rings (SSSR count). The monoisotopic (exact) mass is 277 g/mol. The average molecular weight is 277 g/mol. The molecule has 1 saturated heterocycles. The molecule has 0 aromatic heterocycles. The van der Waals surface area contributed by atoms with Gasteiger partial charge in [-0.3, -0.25) is 0 Å². The Morgan fingerprint density at radius 1 is 1.35 bits per heavy atom. The van der Waals surface area contributed by atoms with Crippen molar-refractivity contribution < 1.29 is 9.47 Å². The molecule has 0 saturated carbocycles. The van der Waals surface area contributed by atoms with Crippen LogP contribution in [0.1, 0.15) is 51.6 Å². The van der Waals surface area contributed by atoms with Crippen molar-refractivity contribution in [1.29, 1.82) is 0 Å². The molecule has 1 heterocycles. The highest BCUT2D eigenvalue weighted by atomic mass is 16.5. The molecule has 0 radical (unpaired) electrons. The van der Waals surface area contributed by atoms with Crippen LogP contribution >= 0.6 is 0 Å². The molecule has 1 aliphatic rings. The van der Waals surface area contributed by atoms with E-state index in [0.29, 0.717) is 6.04 Å². The Morgan fingerprint density at radius 3 is 2.70 bits per heavy atom. The maximum absolute atomic E-state index is 5.81. The van der Waals surface area contributed by atoms with Gasteiger partial charge in [-0.05, 0) is 50.8 Å². The summed E-state index contributed by atoms with van der Waals surface area (Å²) in [5.74, 6) is 0.953. The van der Waals surface area contributed by atoms with Crippen LogP contribution < -0.4 is 10.1 Å². The number of rotatable bonds is 7. The normalized spacial score (nSPS) is 23.8. The highest BCUT2D eigenvalue weighted by Gasteiger charge is 2.29. The summed E-state index contributed by atoms with van der Waals surface area (Å²) < 4.78 is 11.4. The molecule has 0 bridgehead atoms. The van der Waals surface area contributed by atoms with E-state index in [1.807, 2.05) is 0 Å². The lowest BCUT2D eigenvalue weighted by Crippen LogP contribution is -2.38. The SMILES string of the molecule is CCCOc1ccc(C(C)NCC2(C)CCCO2)cc1. The first-order valence-corrected chi connectivity index (χ1v) is 7.73. The minimum atomic E-state index is 0.0123. The fraction of sp³-hybridized carbons (Fsp3) is 0.647. The molecule has 3 nitrogen and oxygen atoms in total. The minimum Gasteiger partial charge on any atom is -0.494 e. The van der Waals surface area contributed by atoms with Gasteiger partial charge in [-0.15, -0.1) is 0 Å². The van der Waals surface area contributed by atoms with Crippen LogP contribution in [0.5, 0.6) is 5.75 Å². The zero-order valence-corrected chi connectivity index (χ0v) is 12.9. The number of nitrogens with one attached hydrogen (secondary N) is 1. The number of ether oxygens (including phenoxy) is 2. The summed E-state index contributed by atoms with van der Waals surface area (Å²) >= 11 is 0. The molecule has 1 aromatic rings. The largest absolute Gasteiger partial charge is 0.494 e. The smallest absolute Gasteiger partial charge is 0.119 e. The third kappa shape index (κ3) is 4.22.